The van der Waals surface area contributed by atoms with E-state index in [1.54, 1.807) is 9.70 Å². The van der Waals surface area contributed by atoms with Gasteiger partial charge in [-0.2, -0.15) is 0 Å². The number of aromatic nitrogens is 4. The molecule has 57 heavy (non-hydrogen) atoms. The highest BCUT2D eigenvalue weighted by atomic mass is 16.7. The van der Waals surface area contributed by atoms with Gasteiger partial charge in [0, 0.05) is 32.4 Å². The monoisotopic (exact) mass is 763 g/mol. The van der Waals surface area contributed by atoms with E-state index >= 15 is 0 Å². The van der Waals surface area contributed by atoms with E-state index in [1.165, 1.54) is 13.8 Å². The van der Waals surface area contributed by atoms with Crippen molar-refractivity contribution in [1.82, 2.24) is 25.1 Å². The average Bonchev–Trinajstić information content (AvgIpc) is 3.71. The Morgan fingerprint density at radius 1 is 0.702 bits per heavy atom. The highest BCUT2D eigenvalue weighted by Gasteiger charge is 2.41. The largest absolute Gasteiger partial charge is 0.426 e. The molecule has 0 saturated heterocycles. The fraction of sp³-hybridized carbons (Fsp3) is 0.277. The first kappa shape index (κ1) is 40.2. The molecule has 10 heteroatoms. The zero-order chi connectivity index (χ0) is 40.4. The molecule has 0 bridgehead atoms. The zero-order valence-electron chi connectivity index (χ0n) is 33.1. The van der Waals surface area contributed by atoms with Gasteiger partial charge in [-0.1, -0.05) is 167 Å². The molecule has 0 aliphatic heterocycles. The van der Waals surface area contributed by atoms with Crippen LogP contribution >= 0.6 is 0 Å². The van der Waals surface area contributed by atoms with Crippen molar-refractivity contribution in [3.8, 4) is 22.5 Å². The topological polar surface area (TPSA) is 117 Å². The molecule has 0 fully saturated rings. The van der Waals surface area contributed by atoms with E-state index in [2.05, 4.69) is 36.4 Å². The molecule has 10 nitrogen and oxygen atoms in total. The Morgan fingerprint density at radius 2 is 1.23 bits per heavy atom. The minimum Gasteiger partial charge on any atom is -0.426 e. The van der Waals surface area contributed by atoms with Gasteiger partial charge in [-0.05, 0) is 50.9 Å². The van der Waals surface area contributed by atoms with Crippen LogP contribution in [0.4, 0.5) is 0 Å². The molecule has 0 N–H and O–H groups in total. The number of nitrogens with zero attached hydrogens (tertiary/aromatic N) is 5. The average molecular weight is 764 g/mol. The molecule has 6 aromatic rings. The maximum Gasteiger partial charge on any atom is 0.332 e. The van der Waals surface area contributed by atoms with Gasteiger partial charge in [0.15, 0.2) is 5.54 Å². The van der Waals surface area contributed by atoms with Crippen molar-refractivity contribution in [2.24, 2.45) is 5.92 Å². The maximum atomic E-state index is 13.7. The molecule has 2 atom stereocenters. The van der Waals surface area contributed by atoms with E-state index in [1.807, 2.05) is 124 Å². The third kappa shape index (κ3) is 9.02. The molecule has 0 saturated carbocycles. The number of rotatable bonds is 16. The molecule has 1 aromatic heterocycles. The third-order valence-electron chi connectivity index (χ3n) is 9.96. The van der Waals surface area contributed by atoms with Crippen LogP contribution in [0.1, 0.15) is 76.1 Å². The lowest BCUT2D eigenvalue weighted by atomic mass is 9.77. The number of amides is 1. The van der Waals surface area contributed by atoms with Crippen molar-refractivity contribution in [2.75, 3.05) is 0 Å². The van der Waals surface area contributed by atoms with Crippen LogP contribution in [0.2, 0.25) is 0 Å². The number of hydrogen-bond donors (Lipinski definition) is 0. The predicted molar refractivity (Wildman–Crippen MR) is 219 cm³/mol. The van der Waals surface area contributed by atoms with Crippen molar-refractivity contribution in [3.05, 3.63) is 162 Å². The van der Waals surface area contributed by atoms with Crippen LogP contribution in [-0.4, -0.2) is 55.3 Å². The second-order valence-corrected chi connectivity index (χ2v) is 14.4. The lowest BCUT2D eigenvalue weighted by Crippen LogP contribution is -2.49. The number of carbonyl (C=O) groups excluding carboxylic acids is 3. The fourth-order valence-electron chi connectivity index (χ4n) is 7.33. The molecule has 1 heterocycles. The Labute approximate surface area is 334 Å². The summed E-state index contributed by atoms with van der Waals surface area (Å²) in [4.78, 5) is 41.9. The Kier molecular flexibility index (Phi) is 13.0. The molecule has 0 aliphatic carbocycles. The third-order valence-corrected chi connectivity index (χ3v) is 9.96. The van der Waals surface area contributed by atoms with E-state index in [0.29, 0.717) is 18.7 Å². The quantitative estimate of drug-likeness (QED) is 0.0546. The smallest absolute Gasteiger partial charge is 0.332 e. The van der Waals surface area contributed by atoms with Gasteiger partial charge in [-0.25, -0.2) is 4.79 Å². The van der Waals surface area contributed by atoms with E-state index in [-0.39, 0.29) is 18.4 Å². The summed E-state index contributed by atoms with van der Waals surface area (Å²) >= 11 is 0. The van der Waals surface area contributed by atoms with Crippen molar-refractivity contribution >= 4 is 17.8 Å². The number of ether oxygens (including phenoxy) is 2. The Balaban J connectivity index is 1.35. The second kappa shape index (κ2) is 18.5. The van der Waals surface area contributed by atoms with E-state index < -0.39 is 29.8 Å². The van der Waals surface area contributed by atoms with Crippen LogP contribution in [0.15, 0.2) is 140 Å². The van der Waals surface area contributed by atoms with Crippen molar-refractivity contribution < 1.29 is 23.9 Å². The molecule has 6 rings (SSSR count). The number of tetrazole rings is 1. The lowest BCUT2D eigenvalue weighted by molar-refractivity contribution is -0.189. The van der Waals surface area contributed by atoms with Crippen LogP contribution in [0.3, 0.4) is 0 Å². The first-order valence-electron chi connectivity index (χ1n) is 19.5. The van der Waals surface area contributed by atoms with E-state index in [4.69, 9.17) is 24.9 Å². The van der Waals surface area contributed by atoms with Gasteiger partial charge < -0.3 is 14.4 Å². The summed E-state index contributed by atoms with van der Waals surface area (Å²) in [6, 6.07) is 45.7. The van der Waals surface area contributed by atoms with Crippen LogP contribution in [0.25, 0.3) is 22.5 Å². The maximum absolute atomic E-state index is 13.7. The number of benzene rings is 5. The minimum absolute atomic E-state index is 0.145. The normalized spacial score (nSPS) is 12.5. The fourth-order valence-corrected chi connectivity index (χ4v) is 7.33. The summed E-state index contributed by atoms with van der Waals surface area (Å²) in [6.45, 7) is 8.69. The van der Waals surface area contributed by atoms with E-state index in [0.717, 1.165) is 45.4 Å². The van der Waals surface area contributed by atoms with Gasteiger partial charge in [0.2, 0.25) is 18.0 Å². The van der Waals surface area contributed by atoms with Crippen LogP contribution in [0.5, 0.6) is 0 Å². The Morgan fingerprint density at radius 3 is 1.74 bits per heavy atom. The Bertz CT molecular complexity index is 2140. The second-order valence-electron chi connectivity index (χ2n) is 14.4. The number of carbonyl (C=O) groups is 3. The first-order chi connectivity index (χ1) is 27.6. The molecule has 2 unspecified atom stereocenters. The van der Waals surface area contributed by atoms with Gasteiger partial charge in [0.1, 0.15) is 6.04 Å². The summed E-state index contributed by atoms with van der Waals surface area (Å²) in [7, 11) is 0. The van der Waals surface area contributed by atoms with Crippen molar-refractivity contribution in [1.29, 1.82) is 0 Å². The van der Waals surface area contributed by atoms with Crippen molar-refractivity contribution in [3.63, 3.8) is 0 Å². The molecule has 0 spiro atoms. The zero-order valence-corrected chi connectivity index (χ0v) is 33.1. The van der Waals surface area contributed by atoms with Gasteiger partial charge >= 0.3 is 11.9 Å². The van der Waals surface area contributed by atoms with Crippen LogP contribution in [-0.2, 0) is 35.9 Å². The molecule has 0 radical (unpaired) electrons. The number of unbranched alkanes of at least 4 members (excludes halogenated alkanes) is 1. The minimum atomic E-state index is -1.08. The van der Waals surface area contributed by atoms with E-state index in [9.17, 15) is 14.4 Å². The summed E-state index contributed by atoms with van der Waals surface area (Å²) in [6.07, 6.45) is 0.746. The summed E-state index contributed by atoms with van der Waals surface area (Å²) in [5.74, 6) is -1.12. The van der Waals surface area contributed by atoms with Crippen LogP contribution in [0, 0.1) is 5.92 Å². The molecule has 292 valence electrons. The van der Waals surface area contributed by atoms with Gasteiger partial charge in [0.25, 0.3) is 0 Å². The SMILES string of the molecule is CCCCC(=O)N(Cc1ccc(-c2ccccc2-c2nnn(C(c3ccccc3)(c3ccccc3)c3ccccc3)n2)cc1)C(C(=O)OC(C)OC(C)=O)C(C)C. The summed E-state index contributed by atoms with van der Waals surface area (Å²) in [5, 5.41) is 14.6. The van der Waals surface area contributed by atoms with Gasteiger partial charge in [-0.3, -0.25) is 9.59 Å². The van der Waals surface area contributed by atoms with Gasteiger partial charge in [0.05, 0.1) is 0 Å². The summed E-state index contributed by atoms with van der Waals surface area (Å²) in [5.41, 5.74) is 5.54. The molecule has 1 amide bonds. The number of hydrogen-bond acceptors (Lipinski definition) is 8. The first-order valence-corrected chi connectivity index (χ1v) is 19.5. The molecular weight excluding hydrogens is 715 g/mol. The van der Waals surface area contributed by atoms with Crippen molar-refractivity contribution in [2.45, 2.75) is 78.3 Å². The predicted octanol–water partition coefficient (Wildman–Crippen LogP) is 8.84. The standard InChI is InChI=1S/C47H49N5O5/c1-6-7-27-43(54)51(44(33(2)3)46(55)57-35(5)56-34(4)53)32-36-28-30-37(31-29-36)41-25-17-18-26-42(41)45-48-50-52(49-45)47(38-19-11-8-12-20-38,39-21-13-9-14-22-39)40-23-15-10-16-24-40/h8-26,28-31,33,35,44H,6-7,27,32H2,1-5H3. The molecule has 0 aliphatic rings. The number of esters is 2. The highest BCUT2D eigenvalue weighted by molar-refractivity contribution is 5.85. The lowest BCUT2D eigenvalue weighted by Gasteiger charge is -2.34. The van der Waals surface area contributed by atoms with Gasteiger partial charge in [-0.15, -0.1) is 15.0 Å². The summed E-state index contributed by atoms with van der Waals surface area (Å²) < 4.78 is 10.5. The molecule has 5 aromatic carbocycles. The van der Waals surface area contributed by atoms with Crippen LogP contribution < -0.4 is 0 Å². The Hall–Kier alpha value is -6.42. The highest BCUT2D eigenvalue weighted by Crippen LogP contribution is 2.40. The molecular formula is C47H49N5O5.